The summed E-state index contributed by atoms with van der Waals surface area (Å²) in [6.07, 6.45) is 0. The van der Waals surface area contributed by atoms with Gasteiger partial charge in [0, 0.05) is 0 Å². The largest absolute Gasteiger partial charge is 0.360 e. The van der Waals surface area contributed by atoms with Crippen LogP contribution in [0.2, 0.25) is 0 Å². The van der Waals surface area contributed by atoms with Crippen molar-refractivity contribution in [3.8, 4) is 0 Å². The highest BCUT2D eigenvalue weighted by atomic mass is 32.2. The van der Waals surface area contributed by atoms with Gasteiger partial charge in [-0.2, -0.15) is 0 Å². The third-order valence-electron chi connectivity index (χ3n) is 2.46. The van der Waals surface area contributed by atoms with Gasteiger partial charge < -0.3 is 4.74 Å². The maximum atomic E-state index is 11.0. The molecular formula is C8H17NO3S. The van der Waals surface area contributed by atoms with E-state index in [0.717, 1.165) is 0 Å². The normalized spacial score (nSPS) is 28.2. The van der Waals surface area contributed by atoms with Crippen LogP contribution in [0.4, 0.5) is 0 Å². The fraction of sp³-hybridized carbons (Fsp3) is 1.00. The van der Waals surface area contributed by atoms with Gasteiger partial charge in [0.2, 0.25) is 0 Å². The van der Waals surface area contributed by atoms with Crippen LogP contribution in [0, 0.1) is 0 Å². The zero-order valence-electron chi connectivity index (χ0n) is 8.46. The van der Waals surface area contributed by atoms with Crippen LogP contribution in [0.25, 0.3) is 0 Å². The van der Waals surface area contributed by atoms with E-state index in [0.29, 0.717) is 6.61 Å². The van der Waals surface area contributed by atoms with Crippen molar-refractivity contribution in [2.45, 2.75) is 44.2 Å². The molecule has 5 heteroatoms. The van der Waals surface area contributed by atoms with Crippen molar-refractivity contribution in [2.75, 3.05) is 6.61 Å². The minimum atomic E-state index is -2.44. The zero-order valence-corrected chi connectivity index (χ0v) is 9.35. The molecule has 78 valence electrons. The van der Waals surface area contributed by atoms with Gasteiger partial charge in [-0.3, -0.25) is 5.32 Å². The fourth-order valence-electron chi connectivity index (χ4n) is 1.30. The Morgan fingerprint density at radius 3 is 2.31 bits per heavy atom. The van der Waals surface area contributed by atoms with Gasteiger partial charge >= 0.3 is 0 Å². The molecule has 1 heterocycles. The summed E-state index contributed by atoms with van der Waals surface area (Å²) in [7, 11) is -2.44. The Labute approximate surface area is 80.6 Å². The highest BCUT2D eigenvalue weighted by Gasteiger charge is 2.41. The maximum Gasteiger partial charge on any atom is 0.146 e. The summed E-state index contributed by atoms with van der Waals surface area (Å²) in [5.74, 6) is 0. The number of hydrogen-bond acceptors (Lipinski definition) is 4. The van der Waals surface area contributed by atoms with Gasteiger partial charge in [0.1, 0.15) is 16.4 Å². The van der Waals surface area contributed by atoms with Gasteiger partial charge in [-0.1, -0.05) is 0 Å². The first-order valence-electron chi connectivity index (χ1n) is 4.32. The van der Waals surface area contributed by atoms with E-state index in [9.17, 15) is 8.42 Å². The summed E-state index contributed by atoms with van der Waals surface area (Å²) >= 11 is 0. The second-order valence-electron chi connectivity index (χ2n) is 4.43. The SMILES string of the molecule is CC1(C)N[C@@H](C(C)(C)[SH](=O)=O)CO1. The van der Waals surface area contributed by atoms with E-state index in [1.165, 1.54) is 0 Å². The molecule has 0 bridgehead atoms. The van der Waals surface area contributed by atoms with E-state index in [1.807, 2.05) is 13.8 Å². The first-order valence-corrected chi connectivity index (χ1v) is 5.49. The number of nitrogens with one attached hydrogen (secondary N) is 1. The molecule has 1 saturated heterocycles. The van der Waals surface area contributed by atoms with Gasteiger partial charge in [-0.25, -0.2) is 8.42 Å². The van der Waals surface area contributed by atoms with E-state index in [4.69, 9.17) is 4.74 Å². The lowest BCUT2D eigenvalue weighted by molar-refractivity contribution is 0.0230. The van der Waals surface area contributed by atoms with Gasteiger partial charge in [-0.05, 0) is 27.7 Å². The van der Waals surface area contributed by atoms with Crippen LogP contribution < -0.4 is 5.32 Å². The smallest absolute Gasteiger partial charge is 0.146 e. The van der Waals surface area contributed by atoms with E-state index in [2.05, 4.69) is 5.32 Å². The minimum Gasteiger partial charge on any atom is -0.360 e. The molecule has 0 saturated carbocycles. The molecular weight excluding hydrogens is 190 g/mol. The summed E-state index contributed by atoms with van der Waals surface area (Å²) in [5, 5.41) is 3.15. The third kappa shape index (κ3) is 2.21. The second kappa shape index (κ2) is 3.22. The van der Waals surface area contributed by atoms with E-state index in [1.54, 1.807) is 13.8 Å². The number of rotatable bonds is 2. The summed E-state index contributed by atoms with van der Waals surface area (Å²) < 4.78 is 26.6. The Kier molecular flexibility index (Phi) is 2.71. The Morgan fingerprint density at radius 1 is 1.46 bits per heavy atom. The van der Waals surface area contributed by atoms with E-state index in [-0.39, 0.29) is 6.04 Å². The molecule has 4 nitrogen and oxygen atoms in total. The number of thiol groups is 1. The van der Waals surface area contributed by atoms with E-state index >= 15 is 0 Å². The van der Waals surface area contributed by atoms with Gasteiger partial charge in [0.25, 0.3) is 0 Å². The molecule has 1 rings (SSSR count). The molecule has 0 aromatic rings. The minimum absolute atomic E-state index is 0.122. The number of ether oxygens (including phenoxy) is 1. The quantitative estimate of drug-likeness (QED) is 0.631. The molecule has 0 spiro atoms. The topological polar surface area (TPSA) is 55.4 Å². The van der Waals surface area contributed by atoms with Crippen LogP contribution in [0.3, 0.4) is 0 Å². The van der Waals surface area contributed by atoms with Crippen LogP contribution in [0.15, 0.2) is 0 Å². The van der Waals surface area contributed by atoms with Gasteiger partial charge in [0.15, 0.2) is 0 Å². The molecule has 0 aliphatic carbocycles. The molecule has 0 unspecified atom stereocenters. The summed E-state index contributed by atoms with van der Waals surface area (Å²) in [5.41, 5.74) is -0.409. The first kappa shape index (κ1) is 10.9. The standard InChI is InChI=1S/C8H17NO3S/c1-7(2,13(10)11)6-5-12-8(3,4)9-6/h6,9,13H,5H2,1-4H3/t6-/m1/s1. The third-order valence-corrected chi connectivity index (χ3v) is 3.71. The average molecular weight is 207 g/mol. The predicted octanol–water partition coefficient (Wildman–Crippen LogP) is 0.101. The molecule has 0 radical (unpaired) electrons. The lowest BCUT2D eigenvalue weighted by Gasteiger charge is -2.26. The van der Waals surface area contributed by atoms with E-state index < -0.39 is 21.2 Å². The van der Waals surface area contributed by atoms with Gasteiger partial charge in [0.05, 0.1) is 17.4 Å². The van der Waals surface area contributed by atoms with Crippen LogP contribution in [-0.2, 0) is 15.4 Å². The second-order valence-corrected chi connectivity index (χ2v) is 6.10. The molecule has 1 fully saturated rings. The molecule has 1 N–H and O–H groups in total. The Balaban J connectivity index is 2.76. The average Bonchev–Trinajstić information content (AvgIpc) is 2.30. The molecule has 0 amide bonds. The van der Waals surface area contributed by atoms with Gasteiger partial charge in [-0.15, -0.1) is 0 Å². The van der Waals surface area contributed by atoms with Crippen LogP contribution in [0.1, 0.15) is 27.7 Å². The lowest BCUT2D eigenvalue weighted by atomic mass is 10.0. The van der Waals surface area contributed by atoms with Crippen molar-refractivity contribution < 1.29 is 13.2 Å². The fourth-order valence-corrected chi connectivity index (χ4v) is 1.70. The monoisotopic (exact) mass is 207 g/mol. The summed E-state index contributed by atoms with van der Waals surface area (Å²) in [6, 6.07) is -0.122. The molecule has 1 aliphatic heterocycles. The Morgan fingerprint density at radius 2 is 2.00 bits per heavy atom. The Bertz CT molecular complexity index is 263. The predicted molar refractivity (Wildman–Crippen MR) is 51.3 cm³/mol. The molecule has 13 heavy (non-hydrogen) atoms. The molecule has 1 atom stereocenters. The highest BCUT2D eigenvalue weighted by molar-refractivity contribution is 7.74. The molecule has 0 aromatic carbocycles. The molecule has 1 aliphatic rings. The van der Waals surface area contributed by atoms with Crippen molar-refractivity contribution in [2.24, 2.45) is 0 Å². The van der Waals surface area contributed by atoms with Crippen molar-refractivity contribution in [3.63, 3.8) is 0 Å². The van der Waals surface area contributed by atoms with Crippen molar-refractivity contribution in [1.82, 2.24) is 5.32 Å². The zero-order chi connectivity index (χ0) is 10.3. The Hall–Kier alpha value is -0.130. The van der Waals surface area contributed by atoms with Crippen LogP contribution in [-0.4, -0.2) is 31.5 Å². The number of hydrogen-bond donors (Lipinski definition) is 2. The van der Waals surface area contributed by atoms with Crippen molar-refractivity contribution >= 4 is 10.7 Å². The lowest BCUT2D eigenvalue weighted by Crippen LogP contribution is -2.50. The van der Waals surface area contributed by atoms with Crippen molar-refractivity contribution in [1.29, 1.82) is 0 Å². The highest BCUT2D eigenvalue weighted by Crippen LogP contribution is 2.24. The first-order chi connectivity index (χ1) is 5.76. The maximum absolute atomic E-state index is 11.0. The molecule has 0 aromatic heterocycles. The van der Waals surface area contributed by atoms with Crippen LogP contribution >= 0.6 is 0 Å². The summed E-state index contributed by atoms with van der Waals surface area (Å²) in [6.45, 7) is 7.65. The summed E-state index contributed by atoms with van der Waals surface area (Å²) in [4.78, 5) is 0. The van der Waals surface area contributed by atoms with Crippen molar-refractivity contribution in [3.05, 3.63) is 0 Å². The van der Waals surface area contributed by atoms with Crippen LogP contribution in [0.5, 0.6) is 0 Å².